The number of carboxylic acid groups (broad SMARTS) is 2. The first kappa shape index (κ1) is 19.8. The third-order valence-corrected chi connectivity index (χ3v) is 5.61. The number of sulfonamides is 1. The molecule has 2 aromatic rings. The lowest BCUT2D eigenvalue weighted by Crippen LogP contribution is -2.44. The summed E-state index contributed by atoms with van der Waals surface area (Å²) in [4.78, 5) is 32.5. The van der Waals surface area contributed by atoms with E-state index >= 15 is 0 Å². The number of aliphatic carboxylic acids is 1. The van der Waals surface area contributed by atoms with Gasteiger partial charge in [0.2, 0.25) is 0 Å². The van der Waals surface area contributed by atoms with E-state index in [1.807, 2.05) is 0 Å². The SMILES string of the molecule is CC(C(=O)O)N(c1ccccc1C(=O)O)S(=O)(=O)c1ccccc1[N+](=O)[O-]. The smallest absolute Gasteiger partial charge is 0.337 e. The first-order valence-electron chi connectivity index (χ1n) is 7.42. The molecule has 0 aromatic heterocycles. The fraction of sp³-hybridized carbons (Fsp3) is 0.125. The Balaban J connectivity index is 2.83. The molecule has 0 aliphatic rings. The Morgan fingerprint density at radius 2 is 1.63 bits per heavy atom. The van der Waals surface area contributed by atoms with E-state index in [0.717, 1.165) is 31.2 Å². The predicted octanol–water partition coefficient (Wildman–Crippen LogP) is 1.96. The number of anilines is 1. The van der Waals surface area contributed by atoms with Crippen LogP contribution in [0.1, 0.15) is 17.3 Å². The predicted molar refractivity (Wildman–Crippen MR) is 93.3 cm³/mol. The highest BCUT2D eigenvalue weighted by atomic mass is 32.2. The number of nitrogens with zero attached hydrogens (tertiary/aromatic N) is 2. The van der Waals surface area contributed by atoms with Gasteiger partial charge in [0, 0.05) is 6.07 Å². The monoisotopic (exact) mass is 394 g/mol. The van der Waals surface area contributed by atoms with Gasteiger partial charge in [-0.05, 0) is 25.1 Å². The molecule has 0 bridgehead atoms. The maximum atomic E-state index is 13.1. The topological polar surface area (TPSA) is 155 Å². The van der Waals surface area contributed by atoms with E-state index in [0.29, 0.717) is 4.31 Å². The van der Waals surface area contributed by atoms with Gasteiger partial charge in [0.25, 0.3) is 15.7 Å². The van der Waals surface area contributed by atoms with Crippen molar-refractivity contribution >= 4 is 33.3 Å². The number of hydrogen-bond donors (Lipinski definition) is 2. The fourth-order valence-electron chi connectivity index (χ4n) is 2.43. The molecule has 0 amide bonds. The van der Waals surface area contributed by atoms with E-state index in [-0.39, 0.29) is 0 Å². The molecule has 2 N–H and O–H groups in total. The van der Waals surface area contributed by atoms with Gasteiger partial charge in [-0.2, -0.15) is 0 Å². The summed E-state index contributed by atoms with van der Waals surface area (Å²) in [5.74, 6) is -3.04. The van der Waals surface area contributed by atoms with Gasteiger partial charge in [0.05, 0.1) is 16.2 Å². The van der Waals surface area contributed by atoms with E-state index in [9.17, 15) is 38.3 Å². The molecule has 2 aromatic carbocycles. The third-order valence-electron chi connectivity index (χ3n) is 3.68. The first-order chi connectivity index (χ1) is 12.6. The van der Waals surface area contributed by atoms with Crippen molar-refractivity contribution in [2.24, 2.45) is 0 Å². The molecule has 0 spiro atoms. The normalized spacial score (nSPS) is 12.2. The Hall–Kier alpha value is -3.47. The van der Waals surface area contributed by atoms with Crippen LogP contribution >= 0.6 is 0 Å². The molecule has 2 rings (SSSR count). The summed E-state index contributed by atoms with van der Waals surface area (Å²) in [6.45, 7) is 1.04. The average molecular weight is 394 g/mol. The van der Waals surface area contributed by atoms with Crippen LogP contribution in [0.3, 0.4) is 0 Å². The third kappa shape index (κ3) is 3.72. The molecule has 10 nitrogen and oxygen atoms in total. The number of carboxylic acids is 2. The Morgan fingerprint density at radius 3 is 2.19 bits per heavy atom. The molecular formula is C16H14N2O8S. The Bertz CT molecular complexity index is 1020. The second-order valence-electron chi connectivity index (χ2n) is 5.36. The summed E-state index contributed by atoms with van der Waals surface area (Å²) in [5.41, 5.74) is -1.64. The van der Waals surface area contributed by atoms with Gasteiger partial charge in [-0.25, -0.2) is 18.0 Å². The van der Waals surface area contributed by atoms with Crippen molar-refractivity contribution in [3.63, 3.8) is 0 Å². The number of rotatable bonds is 7. The number of carbonyl (C=O) groups is 2. The summed E-state index contributed by atoms with van der Waals surface area (Å²) in [6, 6.07) is 7.59. The Kier molecular flexibility index (Phi) is 5.45. The van der Waals surface area contributed by atoms with Crippen molar-refractivity contribution in [3.05, 3.63) is 64.2 Å². The number of benzene rings is 2. The lowest BCUT2D eigenvalue weighted by Gasteiger charge is -2.28. The van der Waals surface area contributed by atoms with Crippen molar-refractivity contribution in [3.8, 4) is 0 Å². The quantitative estimate of drug-likeness (QED) is 0.533. The maximum absolute atomic E-state index is 13.1. The van der Waals surface area contributed by atoms with Crippen LogP contribution in [0, 0.1) is 10.1 Å². The molecule has 0 aliphatic carbocycles. The van der Waals surface area contributed by atoms with Crippen LogP contribution < -0.4 is 4.31 Å². The van der Waals surface area contributed by atoms with E-state index in [1.54, 1.807) is 0 Å². The van der Waals surface area contributed by atoms with E-state index in [4.69, 9.17) is 0 Å². The van der Waals surface area contributed by atoms with E-state index < -0.39 is 54.8 Å². The fourth-order valence-corrected chi connectivity index (χ4v) is 4.22. The molecule has 0 radical (unpaired) electrons. The highest BCUT2D eigenvalue weighted by Gasteiger charge is 2.38. The van der Waals surface area contributed by atoms with Crippen LogP contribution in [0.2, 0.25) is 0 Å². The van der Waals surface area contributed by atoms with Crippen molar-refractivity contribution in [2.45, 2.75) is 17.9 Å². The maximum Gasteiger partial charge on any atom is 0.337 e. The number of aromatic carboxylic acids is 1. The molecule has 1 atom stereocenters. The minimum Gasteiger partial charge on any atom is -0.480 e. The van der Waals surface area contributed by atoms with Gasteiger partial charge in [0.1, 0.15) is 6.04 Å². The summed E-state index contributed by atoms with van der Waals surface area (Å²) in [7, 11) is -4.78. The summed E-state index contributed by atoms with van der Waals surface area (Å²) in [5, 5.41) is 29.9. The highest BCUT2D eigenvalue weighted by Crippen LogP contribution is 2.33. The zero-order valence-electron chi connectivity index (χ0n) is 13.8. The molecule has 0 aliphatic heterocycles. The molecular weight excluding hydrogens is 380 g/mol. The van der Waals surface area contributed by atoms with Crippen molar-refractivity contribution in [2.75, 3.05) is 4.31 Å². The number of para-hydroxylation sites is 2. The zero-order chi connectivity index (χ0) is 20.4. The lowest BCUT2D eigenvalue weighted by atomic mass is 10.1. The molecule has 11 heteroatoms. The van der Waals surface area contributed by atoms with Crippen LogP contribution in [-0.2, 0) is 14.8 Å². The minimum absolute atomic E-state index is 0.362. The summed E-state index contributed by atoms with van der Waals surface area (Å²) in [6.07, 6.45) is 0. The van der Waals surface area contributed by atoms with Crippen LogP contribution in [0.5, 0.6) is 0 Å². The van der Waals surface area contributed by atoms with Gasteiger partial charge in [-0.1, -0.05) is 24.3 Å². The molecule has 0 fully saturated rings. The van der Waals surface area contributed by atoms with Crippen molar-refractivity contribution < 1.29 is 33.1 Å². The molecule has 1 unspecified atom stereocenters. The van der Waals surface area contributed by atoms with Crippen molar-refractivity contribution in [1.82, 2.24) is 0 Å². The van der Waals surface area contributed by atoms with Crippen LogP contribution in [-0.4, -0.2) is 41.5 Å². The van der Waals surface area contributed by atoms with Gasteiger partial charge in [-0.3, -0.25) is 14.4 Å². The van der Waals surface area contributed by atoms with E-state index in [2.05, 4.69) is 0 Å². The molecule has 0 saturated heterocycles. The summed E-state index contributed by atoms with van der Waals surface area (Å²) < 4.78 is 26.7. The van der Waals surface area contributed by atoms with Gasteiger partial charge in [0.15, 0.2) is 4.90 Å². The van der Waals surface area contributed by atoms with Gasteiger partial charge >= 0.3 is 11.9 Å². The Labute approximate surface area is 153 Å². The number of hydrogen-bond acceptors (Lipinski definition) is 6. The van der Waals surface area contributed by atoms with Gasteiger partial charge in [-0.15, -0.1) is 0 Å². The molecule has 0 heterocycles. The first-order valence-corrected chi connectivity index (χ1v) is 8.86. The summed E-state index contributed by atoms with van der Waals surface area (Å²) >= 11 is 0. The second-order valence-corrected chi connectivity index (χ2v) is 7.15. The number of nitro benzene ring substituents is 1. The van der Waals surface area contributed by atoms with Gasteiger partial charge < -0.3 is 10.2 Å². The Morgan fingerprint density at radius 1 is 1.07 bits per heavy atom. The van der Waals surface area contributed by atoms with Crippen LogP contribution in [0.15, 0.2) is 53.4 Å². The van der Waals surface area contributed by atoms with Crippen LogP contribution in [0.4, 0.5) is 11.4 Å². The highest BCUT2D eigenvalue weighted by molar-refractivity contribution is 7.93. The average Bonchev–Trinajstić information content (AvgIpc) is 2.61. The largest absolute Gasteiger partial charge is 0.480 e. The minimum atomic E-state index is -4.78. The molecule has 27 heavy (non-hydrogen) atoms. The lowest BCUT2D eigenvalue weighted by molar-refractivity contribution is -0.387. The standard InChI is InChI=1S/C16H14N2O8S/c1-10(15(19)20)17(12-7-3-2-6-11(12)16(21)22)27(25,26)14-9-5-4-8-13(14)18(23)24/h2-10H,1H3,(H,19,20)(H,21,22). The second kappa shape index (κ2) is 7.41. The number of nitro groups is 1. The molecule has 0 saturated carbocycles. The van der Waals surface area contributed by atoms with Crippen molar-refractivity contribution in [1.29, 1.82) is 0 Å². The zero-order valence-corrected chi connectivity index (χ0v) is 14.7. The van der Waals surface area contributed by atoms with Crippen LogP contribution in [0.25, 0.3) is 0 Å². The molecule has 142 valence electrons. The van der Waals surface area contributed by atoms with E-state index in [1.165, 1.54) is 24.3 Å².